The monoisotopic (exact) mass is 709 g/mol. The second-order valence-electron chi connectivity index (χ2n) is 13.7. The Morgan fingerprint density at radius 3 is 1.83 bits per heavy atom. The van der Waals surface area contributed by atoms with Crippen molar-refractivity contribution in [3.63, 3.8) is 0 Å². The summed E-state index contributed by atoms with van der Waals surface area (Å²) in [4.78, 5) is 2.46. The predicted molar refractivity (Wildman–Crippen MR) is 233 cm³/mol. The van der Waals surface area contributed by atoms with Crippen LogP contribution in [0.4, 0.5) is 17.1 Å². The van der Waals surface area contributed by atoms with Crippen LogP contribution in [0.15, 0.2) is 188 Å². The molecule has 248 valence electrons. The fraction of sp³-hybridized carbons (Fsp3) is 0. The van der Waals surface area contributed by atoms with Gasteiger partial charge in [-0.25, -0.2) is 0 Å². The molecule has 0 atom stereocenters. The number of thiophene rings is 2. The highest BCUT2D eigenvalue weighted by atomic mass is 32.1. The number of rotatable bonds is 5. The van der Waals surface area contributed by atoms with Gasteiger partial charge in [-0.2, -0.15) is 0 Å². The number of anilines is 3. The van der Waals surface area contributed by atoms with Crippen LogP contribution < -0.4 is 4.90 Å². The quantitative estimate of drug-likeness (QED) is 0.161. The van der Waals surface area contributed by atoms with E-state index in [1.807, 2.05) is 22.7 Å². The highest BCUT2D eigenvalue weighted by Gasteiger charge is 2.20. The van der Waals surface area contributed by atoms with Gasteiger partial charge in [0.15, 0.2) is 0 Å². The first-order valence-electron chi connectivity index (χ1n) is 18.0. The maximum Gasteiger partial charge on any atom is 0.0640 e. The molecule has 0 bridgehead atoms. The van der Waals surface area contributed by atoms with Gasteiger partial charge in [-0.15, -0.1) is 22.7 Å². The minimum absolute atomic E-state index is 1.13. The summed E-state index contributed by atoms with van der Waals surface area (Å²) in [6.07, 6.45) is 0. The van der Waals surface area contributed by atoms with Gasteiger partial charge >= 0.3 is 0 Å². The molecule has 53 heavy (non-hydrogen) atoms. The lowest BCUT2D eigenvalue weighted by atomic mass is 10.00. The Hall–Kier alpha value is -6.26. The fourth-order valence-corrected chi connectivity index (χ4v) is 10.5. The summed E-state index contributed by atoms with van der Waals surface area (Å²) >= 11 is 3.76. The van der Waals surface area contributed by atoms with Crippen LogP contribution in [0.3, 0.4) is 0 Å². The second-order valence-corrected chi connectivity index (χ2v) is 15.8. The molecule has 0 fully saturated rings. The number of benzene rings is 9. The summed E-state index contributed by atoms with van der Waals surface area (Å²) < 4.78 is 5.26. The molecule has 0 saturated heterocycles. The van der Waals surface area contributed by atoms with E-state index in [4.69, 9.17) is 0 Å². The lowest BCUT2D eigenvalue weighted by molar-refractivity contribution is 1.31. The van der Waals surface area contributed by atoms with Gasteiger partial charge in [0.25, 0.3) is 0 Å². The van der Waals surface area contributed by atoms with Gasteiger partial charge in [0, 0.05) is 47.0 Å². The van der Waals surface area contributed by atoms with E-state index in [0.29, 0.717) is 0 Å². The average molecular weight is 710 g/mol. The summed E-state index contributed by atoms with van der Waals surface area (Å²) in [6, 6.07) is 69.2. The van der Waals surface area contributed by atoms with Crippen LogP contribution in [0.2, 0.25) is 0 Å². The van der Waals surface area contributed by atoms with Crippen molar-refractivity contribution in [2.75, 3.05) is 4.90 Å². The highest BCUT2D eigenvalue weighted by molar-refractivity contribution is 7.27. The Morgan fingerprint density at radius 2 is 0.962 bits per heavy atom. The van der Waals surface area contributed by atoms with Gasteiger partial charge in [-0.05, 0) is 92.3 Å². The fourth-order valence-electron chi connectivity index (χ4n) is 8.09. The third kappa shape index (κ3) is 4.97. The van der Waals surface area contributed by atoms with E-state index in [2.05, 4.69) is 193 Å². The molecular weight excluding hydrogens is 679 g/mol. The Morgan fingerprint density at radius 1 is 0.321 bits per heavy atom. The van der Waals surface area contributed by atoms with Crippen LogP contribution >= 0.6 is 22.7 Å². The molecule has 0 saturated carbocycles. The normalized spacial score (nSPS) is 11.8. The summed E-state index contributed by atoms with van der Waals surface area (Å²) in [5.74, 6) is 0. The Bertz CT molecular complexity index is 3170. The zero-order valence-corrected chi connectivity index (χ0v) is 30.3. The van der Waals surface area contributed by atoms with Crippen molar-refractivity contribution in [2.45, 2.75) is 0 Å². The molecule has 1 nitrogen and oxygen atoms in total. The first-order chi connectivity index (χ1) is 26.3. The van der Waals surface area contributed by atoms with Crippen molar-refractivity contribution in [3.8, 4) is 22.3 Å². The van der Waals surface area contributed by atoms with E-state index < -0.39 is 0 Å². The Kier molecular flexibility index (Phi) is 6.97. The Labute approximate surface area is 315 Å². The van der Waals surface area contributed by atoms with Crippen LogP contribution in [0.1, 0.15) is 0 Å². The SMILES string of the molecule is c1ccc(-c2cccc3c2sc2c(N(c4ccc(-c5ccc6sc7ccccc7c6c5)cc4)c4ccc5ccc6ccccc6c5c4)cccc23)cc1. The van der Waals surface area contributed by atoms with Gasteiger partial charge in [-0.3, -0.25) is 0 Å². The summed E-state index contributed by atoms with van der Waals surface area (Å²) in [7, 11) is 0. The van der Waals surface area contributed by atoms with Gasteiger partial charge in [0.1, 0.15) is 0 Å². The molecule has 0 amide bonds. The summed E-state index contributed by atoms with van der Waals surface area (Å²) in [5.41, 5.74) is 8.41. The number of fused-ring (bicyclic) bond motifs is 9. The van der Waals surface area contributed by atoms with Crippen LogP contribution in [-0.2, 0) is 0 Å². The molecule has 0 aliphatic heterocycles. The van der Waals surface area contributed by atoms with Gasteiger partial charge < -0.3 is 4.90 Å². The highest BCUT2D eigenvalue weighted by Crippen LogP contribution is 2.48. The first kappa shape index (κ1) is 30.4. The van der Waals surface area contributed by atoms with E-state index in [0.717, 1.165) is 11.4 Å². The molecule has 0 radical (unpaired) electrons. The molecule has 0 N–H and O–H groups in total. The van der Waals surface area contributed by atoms with Crippen LogP contribution in [0.25, 0.3) is 84.1 Å². The minimum Gasteiger partial charge on any atom is -0.309 e. The minimum atomic E-state index is 1.13. The molecule has 2 aromatic heterocycles. The first-order valence-corrected chi connectivity index (χ1v) is 19.6. The van der Waals surface area contributed by atoms with Gasteiger partial charge in [0.2, 0.25) is 0 Å². The lowest BCUT2D eigenvalue weighted by Gasteiger charge is -2.27. The molecular formula is C50H31NS2. The van der Waals surface area contributed by atoms with E-state index >= 15 is 0 Å². The second kappa shape index (κ2) is 12.2. The molecule has 2 heterocycles. The molecule has 9 aromatic carbocycles. The average Bonchev–Trinajstić information content (AvgIpc) is 3.80. The van der Waals surface area contributed by atoms with E-state index in [1.54, 1.807) is 0 Å². The van der Waals surface area contributed by atoms with Gasteiger partial charge in [0.05, 0.1) is 10.4 Å². The molecule has 11 aromatic rings. The number of hydrogen-bond acceptors (Lipinski definition) is 3. The lowest BCUT2D eigenvalue weighted by Crippen LogP contribution is -2.10. The van der Waals surface area contributed by atoms with Crippen molar-refractivity contribution in [3.05, 3.63) is 188 Å². The van der Waals surface area contributed by atoms with E-state index in [-0.39, 0.29) is 0 Å². The molecule has 11 rings (SSSR count). The molecule has 0 unspecified atom stereocenters. The molecule has 0 aliphatic carbocycles. The maximum absolute atomic E-state index is 2.46. The van der Waals surface area contributed by atoms with E-state index in [9.17, 15) is 0 Å². The van der Waals surface area contributed by atoms with Crippen molar-refractivity contribution in [1.82, 2.24) is 0 Å². The predicted octanol–water partition coefficient (Wildman–Crippen LogP) is 15.5. The van der Waals surface area contributed by atoms with Crippen LogP contribution in [0, 0.1) is 0 Å². The standard InChI is InChI=1S/C50H31NS2/c1-2-10-33(11-3-1)40-15-8-16-42-43-17-9-18-46(50(43)53-49(40)42)51(38-28-24-35-21-20-34-12-4-5-13-39(34)44(35)31-38)37-26-22-32(23-27-37)36-25-29-48-45(30-36)41-14-6-7-19-47(41)52-48/h1-31H. The van der Waals surface area contributed by atoms with Crippen molar-refractivity contribution < 1.29 is 0 Å². The molecule has 3 heteroatoms. The number of hydrogen-bond donors (Lipinski definition) is 0. The third-order valence-corrected chi connectivity index (χ3v) is 13.1. The smallest absolute Gasteiger partial charge is 0.0640 e. The van der Waals surface area contributed by atoms with Crippen LogP contribution in [0.5, 0.6) is 0 Å². The number of nitrogens with zero attached hydrogens (tertiary/aromatic N) is 1. The molecule has 0 spiro atoms. The zero-order valence-electron chi connectivity index (χ0n) is 28.7. The topological polar surface area (TPSA) is 3.24 Å². The summed E-state index contributed by atoms with van der Waals surface area (Å²) in [5, 5.41) is 10.2. The largest absolute Gasteiger partial charge is 0.309 e. The summed E-state index contributed by atoms with van der Waals surface area (Å²) in [6.45, 7) is 0. The zero-order chi connectivity index (χ0) is 34.9. The van der Waals surface area contributed by atoms with Crippen molar-refractivity contribution >= 4 is 102 Å². The van der Waals surface area contributed by atoms with Crippen molar-refractivity contribution in [1.29, 1.82) is 0 Å². The van der Waals surface area contributed by atoms with Crippen molar-refractivity contribution in [2.24, 2.45) is 0 Å². The van der Waals surface area contributed by atoms with Gasteiger partial charge in [-0.1, -0.05) is 140 Å². The Balaban J connectivity index is 1.11. The third-order valence-electron chi connectivity index (χ3n) is 10.7. The molecule has 0 aliphatic rings. The van der Waals surface area contributed by atoms with Crippen LogP contribution in [-0.4, -0.2) is 0 Å². The maximum atomic E-state index is 2.46. The van der Waals surface area contributed by atoms with E-state index in [1.165, 1.54) is 89.8 Å².